The molecule has 1 unspecified atom stereocenters. The van der Waals surface area contributed by atoms with Gasteiger partial charge in [-0.3, -0.25) is 10.1 Å². The fourth-order valence-corrected chi connectivity index (χ4v) is 1.93. The van der Waals surface area contributed by atoms with Gasteiger partial charge in [-0.2, -0.15) is 0 Å². The highest BCUT2D eigenvalue weighted by Gasteiger charge is 2.20. The smallest absolute Gasteiger partial charge is 0.249 e. The van der Waals surface area contributed by atoms with E-state index in [0.717, 1.165) is 5.82 Å². The molecule has 0 aliphatic heterocycles. The van der Waals surface area contributed by atoms with Crippen molar-refractivity contribution in [2.24, 2.45) is 7.05 Å². The van der Waals surface area contributed by atoms with E-state index in [-0.39, 0.29) is 17.9 Å². The van der Waals surface area contributed by atoms with E-state index in [1.807, 2.05) is 24.7 Å². The van der Waals surface area contributed by atoms with E-state index in [1.54, 1.807) is 23.2 Å². The van der Waals surface area contributed by atoms with Crippen molar-refractivity contribution in [3.05, 3.63) is 30.6 Å². The van der Waals surface area contributed by atoms with Gasteiger partial charge in [-0.1, -0.05) is 13.8 Å². The second kappa shape index (κ2) is 5.26. The molecule has 1 amide bonds. The first-order chi connectivity index (χ1) is 9.00. The van der Waals surface area contributed by atoms with Gasteiger partial charge in [-0.15, -0.1) is 0 Å². The molecule has 0 fully saturated rings. The van der Waals surface area contributed by atoms with Crippen molar-refractivity contribution in [1.82, 2.24) is 19.1 Å². The monoisotopic (exact) mass is 261 g/mol. The van der Waals surface area contributed by atoms with Crippen LogP contribution in [0.4, 0.5) is 5.95 Å². The molecule has 6 nitrogen and oxygen atoms in total. The number of aryl methyl sites for hydroxylation is 1. The van der Waals surface area contributed by atoms with Gasteiger partial charge in [0.2, 0.25) is 11.9 Å². The highest BCUT2D eigenvalue weighted by Crippen LogP contribution is 2.18. The molecule has 0 saturated heterocycles. The zero-order valence-corrected chi connectivity index (χ0v) is 11.7. The SMILES string of the molecule is CC(C)c1nccn1C(C)C(=O)Nc1nccn1C. The van der Waals surface area contributed by atoms with E-state index in [9.17, 15) is 4.79 Å². The van der Waals surface area contributed by atoms with Crippen LogP contribution in [0.5, 0.6) is 0 Å². The van der Waals surface area contributed by atoms with Crippen molar-refractivity contribution in [2.45, 2.75) is 32.7 Å². The summed E-state index contributed by atoms with van der Waals surface area (Å²) in [6, 6.07) is -0.323. The average molecular weight is 261 g/mol. The third kappa shape index (κ3) is 2.67. The Balaban J connectivity index is 2.15. The van der Waals surface area contributed by atoms with Crippen molar-refractivity contribution in [3.63, 3.8) is 0 Å². The second-order valence-corrected chi connectivity index (χ2v) is 4.87. The fourth-order valence-electron chi connectivity index (χ4n) is 1.93. The number of imidazole rings is 2. The van der Waals surface area contributed by atoms with Crippen LogP contribution in [-0.2, 0) is 11.8 Å². The van der Waals surface area contributed by atoms with Gasteiger partial charge in [0.25, 0.3) is 0 Å². The lowest BCUT2D eigenvalue weighted by Gasteiger charge is -2.17. The van der Waals surface area contributed by atoms with Gasteiger partial charge in [0, 0.05) is 37.8 Å². The molecule has 0 spiro atoms. The van der Waals surface area contributed by atoms with Crippen molar-refractivity contribution in [2.75, 3.05) is 5.32 Å². The molecular weight excluding hydrogens is 242 g/mol. The summed E-state index contributed by atoms with van der Waals surface area (Å²) in [5, 5.41) is 2.81. The minimum atomic E-state index is -0.323. The topological polar surface area (TPSA) is 64.7 Å². The number of nitrogens with one attached hydrogen (secondary N) is 1. The third-order valence-corrected chi connectivity index (χ3v) is 3.07. The van der Waals surface area contributed by atoms with Crippen molar-refractivity contribution >= 4 is 11.9 Å². The molecular formula is C13H19N5O. The second-order valence-electron chi connectivity index (χ2n) is 4.87. The molecule has 0 aliphatic rings. The molecule has 2 heterocycles. The molecule has 102 valence electrons. The van der Waals surface area contributed by atoms with Crippen LogP contribution in [0.3, 0.4) is 0 Å². The normalized spacial score (nSPS) is 12.7. The Morgan fingerprint density at radius 3 is 2.47 bits per heavy atom. The molecule has 0 bridgehead atoms. The van der Waals surface area contributed by atoms with Crippen LogP contribution in [0.25, 0.3) is 0 Å². The summed E-state index contributed by atoms with van der Waals surface area (Å²) in [7, 11) is 1.84. The first-order valence-corrected chi connectivity index (χ1v) is 6.31. The standard InChI is InChI=1S/C13H19N5O/c1-9(2)11-14-6-8-18(11)10(3)12(19)16-13-15-5-7-17(13)4/h5-10H,1-4H3,(H,15,16,19). The van der Waals surface area contributed by atoms with Crippen molar-refractivity contribution in [1.29, 1.82) is 0 Å². The molecule has 0 saturated carbocycles. The van der Waals surface area contributed by atoms with E-state index in [4.69, 9.17) is 0 Å². The fraction of sp³-hybridized carbons (Fsp3) is 0.462. The summed E-state index contributed by atoms with van der Waals surface area (Å²) >= 11 is 0. The Bertz CT molecular complexity index is 569. The number of hydrogen-bond donors (Lipinski definition) is 1. The maximum atomic E-state index is 12.2. The summed E-state index contributed by atoms with van der Waals surface area (Å²) < 4.78 is 3.66. The molecule has 0 aromatic carbocycles. The Kier molecular flexibility index (Phi) is 3.69. The average Bonchev–Trinajstić information content (AvgIpc) is 2.98. The van der Waals surface area contributed by atoms with Crippen LogP contribution < -0.4 is 5.32 Å². The van der Waals surface area contributed by atoms with E-state index in [2.05, 4.69) is 29.1 Å². The largest absolute Gasteiger partial charge is 0.323 e. The van der Waals surface area contributed by atoms with Gasteiger partial charge < -0.3 is 9.13 Å². The van der Waals surface area contributed by atoms with Crippen LogP contribution in [0.2, 0.25) is 0 Å². The lowest BCUT2D eigenvalue weighted by atomic mass is 10.2. The molecule has 19 heavy (non-hydrogen) atoms. The van der Waals surface area contributed by atoms with E-state index >= 15 is 0 Å². The van der Waals surface area contributed by atoms with Crippen molar-refractivity contribution < 1.29 is 4.79 Å². The molecule has 2 rings (SSSR count). The highest BCUT2D eigenvalue weighted by molar-refractivity contribution is 5.92. The number of hydrogen-bond acceptors (Lipinski definition) is 3. The number of rotatable bonds is 4. The number of carbonyl (C=O) groups excluding carboxylic acids is 1. The third-order valence-electron chi connectivity index (χ3n) is 3.07. The van der Waals surface area contributed by atoms with Crippen LogP contribution in [0, 0.1) is 0 Å². The molecule has 2 aromatic rings. The number of aromatic nitrogens is 4. The predicted octanol–water partition coefficient (Wildman–Crippen LogP) is 1.94. The summed E-state index contributed by atoms with van der Waals surface area (Å²) in [6.45, 7) is 5.97. The highest BCUT2D eigenvalue weighted by atomic mass is 16.2. The number of carbonyl (C=O) groups is 1. The summed E-state index contributed by atoms with van der Waals surface area (Å²) in [6.07, 6.45) is 6.99. The first-order valence-electron chi connectivity index (χ1n) is 6.31. The Morgan fingerprint density at radius 2 is 1.89 bits per heavy atom. The number of anilines is 1. The lowest BCUT2D eigenvalue weighted by molar-refractivity contribution is -0.118. The van der Waals surface area contributed by atoms with E-state index in [1.165, 1.54) is 0 Å². The van der Waals surface area contributed by atoms with Gasteiger partial charge in [-0.25, -0.2) is 9.97 Å². The van der Waals surface area contributed by atoms with Gasteiger partial charge in [0.05, 0.1) is 0 Å². The Labute approximate surface area is 112 Å². The van der Waals surface area contributed by atoms with Gasteiger partial charge >= 0.3 is 0 Å². The molecule has 1 N–H and O–H groups in total. The zero-order chi connectivity index (χ0) is 14.0. The quantitative estimate of drug-likeness (QED) is 0.914. The Morgan fingerprint density at radius 1 is 1.21 bits per heavy atom. The van der Waals surface area contributed by atoms with Crippen LogP contribution >= 0.6 is 0 Å². The molecule has 0 aliphatic carbocycles. The summed E-state index contributed by atoms with van der Waals surface area (Å²) in [4.78, 5) is 20.6. The van der Waals surface area contributed by atoms with Gasteiger partial charge in [0.1, 0.15) is 11.9 Å². The lowest BCUT2D eigenvalue weighted by Crippen LogP contribution is -2.26. The number of amides is 1. The minimum Gasteiger partial charge on any atom is -0.323 e. The number of nitrogens with zero attached hydrogens (tertiary/aromatic N) is 4. The predicted molar refractivity (Wildman–Crippen MR) is 72.9 cm³/mol. The molecule has 1 atom stereocenters. The summed E-state index contributed by atoms with van der Waals surface area (Å²) in [5.41, 5.74) is 0. The minimum absolute atomic E-state index is 0.103. The molecule has 6 heteroatoms. The van der Waals surface area contributed by atoms with Gasteiger partial charge in [-0.05, 0) is 6.92 Å². The maximum absolute atomic E-state index is 12.2. The summed E-state index contributed by atoms with van der Waals surface area (Å²) in [5.74, 6) is 1.62. The van der Waals surface area contributed by atoms with Crippen LogP contribution in [-0.4, -0.2) is 25.0 Å². The Hall–Kier alpha value is -2.11. The molecule has 2 aromatic heterocycles. The van der Waals surface area contributed by atoms with E-state index < -0.39 is 0 Å². The molecule has 0 radical (unpaired) electrons. The van der Waals surface area contributed by atoms with E-state index in [0.29, 0.717) is 5.95 Å². The van der Waals surface area contributed by atoms with Crippen molar-refractivity contribution in [3.8, 4) is 0 Å². The van der Waals surface area contributed by atoms with Crippen LogP contribution in [0.1, 0.15) is 38.6 Å². The zero-order valence-electron chi connectivity index (χ0n) is 11.7. The van der Waals surface area contributed by atoms with Crippen LogP contribution in [0.15, 0.2) is 24.8 Å². The first kappa shape index (κ1) is 13.3. The van der Waals surface area contributed by atoms with Gasteiger partial charge in [0.15, 0.2) is 0 Å². The maximum Gasteiger partial charge on any atom is 0.249 e.